The molecule has 2 aromatic rings. The molecule has 4 heteroatoms. The van der Waals surface area contributed by atoms with Crippen molar-refractivity contribution < 1.29 is 5.11 Å². The fourth-order valence-electron chi connectivity index (χ4n) is 1.49. The van der Waals surface area contributed by atoms with Crippen LogP contribution in [0.5, 0.6) is 5.75 Å². The standard InChI is InChI=1S/C13H11Cl2NO/c14-10-2-1-3-12(7-10)16-8-9-6-11(15)4-5-13(9)17/h1-7,16-17H,8H2. The minimum absolute atomic E-state index is 0.226. The first-order valence-corrected chi connectivity index (χ1v) is 5.87. The molecule has 0 atom stereocenters. The molecule has 17 heavy (non-hydrogen) atoms. The second-order valence-electron chi connectivity index (χ2n) is 3.64. The van der Waals surface area contributed by atoms with Crippen molar-refractivity contribution >= 4 is 28.9 Å². The van der Waals surface area contributed by atoms with Gasteiger partial charge in [-0.2, -0.15) is 0 Å². The molecule has 0 aliphatic heterocycles. The number of phenolic OH excluding ortho intramolecular Hbond substituents is 1. The maximum absolute atomic E-state index is 9.64. The van der Waals surface area contributed by atoms with E-state index in [4.69, 9.17) is 23.2 Å². The quantitative estimate of drug-likeness (QED) is 0.869. The van der Waals surface area contributed by atoms with Gasteiger partial charge in [-0.05, 0) is 36.4 Å². The Balaban J connectivity index is 2.09. The minimum Gasteiger partial charge on any atom is -0.508 e. The van der Waals surface area contributed by atoms with E-state index in [0.717, 1.165) is 11.3 Å². The van der Waals surface area contributed by atoms with Gasteiger partial charge in [-0.25, -0.2) is 0 Å². The predicted octanol–water partition coefficient (Wildman–Crippen LogP) is 4.31. The Bertz CT molecular complexity index is 529. The molecule has 0 fully saturated rings. The van der Waals surface area contributed by atoms with Gasteiger partial charge < -0.3 is 10.4 Å². The van der Waals surface area contributed by atoms with Crippen molar-refractivity contribution in [1.29, 1.82) is 0 Å². The zero-order valence-corrected chi connectivity index (χ0v) is 10.5. The number of rotatable bonds is 3. The molecule has 0 saturated carbocycles. The molecule has 0 bridgehead atoms. The molecule has 2 rings (SSSR count). The van der Waals surface area contributed by atoms with Gasteiger partial charge in [0.25, 0.3) is 0 Å². The molecule has 0 unspecified atom stereocenters. The van der Waals surface area contributed by atoms with E-state index in [0.29, 0.717) is 16.6 Å². The van der Waals surface area contributed by atoms with Crippen molar-refractivity contribution in [1.82, 2.24) is 0 Å². The van der Waals surface area contributed by atoms with Crippen LogP contribution in [-0.2, 0) is 6.54 Å². The van der Waals surface area contributed by atoms with Crippen molar-refractivity contribution in [3.8, 4) is 5.75 Å². The van der Waals surface area contributed by atoms with Crippen LogP contribution in [0, 0.1) is 0 Å². The van der Waals surface area contributed by atoms with E-state index in [1.54, 1.807) is 18.2 Å². The normalized spacial score (nSPS) is 10.2. The first-order valence-electron chi connectivity index (χ1n) is 5.12. The van der Waals surface area contributed by atoms with Gasteiger partial charge in [-0.1, -0.05) is 29.3 Å². The fourth-order valence-corrected chi connectivity index (χ4v) is 1.88. The Morgan fingerprint density at radius 2 is 1.76 bits per heavy atom. The molecule has 0 aromatic heterocycles. The SMILES string of the molecule is Oc1ccc(Cl)cc1CNc1cccc(Cl)c1. The Labute approximate surface area is 110 Å². The van der Waals surface area contributed by atoms with Crippen molar-refractivity contribution in [3.63, 3.8) is 0 Å². The summed E-state index contributed by atoms with van der Waals surface area (Å²) in [6, 6.07) is 12.4. The Morgan fingerprint density at radius 3 is 2.53 bits per heavy atom. The lowest BCUT2D eigenvalue weighted by Crippen LogP contribution is -1.99. The molecule has 0 spiro atoms. The highest BCUT2D eigenvalue weighted by Gasteiger charge is 2.02. The molecule has 0 aliphatic rings. The summed E-state index contributed by atoms with van der Waals surface area (Å²) in [5, 5.41) is 14.1. The van der Waals surface area contributed by atoms with Crippen molar-refractivity contribution in [2.24, 2.45) is 0 Å². The summed E-state index contributed by atoms with van der Waals surface area (Å²) in [5.74, 6) is 0.226. The maximum Gasteiger partial charge on any atom is 0.120 e. The van der Waals surface area contributed by atoms with Crippen LogP contribution in [0.1, 0.15) is 5.56 Å². The largest absolute Gasteiger partial charge is 0.508 e. The van der Waals surface area contributed by atoms with Crippen molar-refractivity contribution in [3.05, 3.63) is 58.1 Å². The molecule has 2 aromatic carbocycles. The molecule has 0 heterocycles. The predicted molar refractivity (Wildman–Crippen MR) is 71.9 cm³/mol. The molecular formula is C13H11Cl2NO. The van der Waals surface area contributed by atoms with Gasteiger partial charge in [0.2, 0.25) is 0 Å². The van der Waals surface area contributed by atoms with Gasteiger partial charge in [-0.3, -0.25) is 0 Å². The van der Waals surface area contributed by atoms with Crippen molar-refractivity contribution in [2.75, 3.05) is 5.32 Å². The molecule has 2 N–H and O–H groups in total. The average Bonchev–Trinajstić information content (AvgIpc) is 2.30. The molecular weight excluding hydrogens is 257 g/mol. The van der Waals surface area contributed by atoms with Crippen LogP contribution < -0.4 is 5.32 Å². The summed E-state index contributed by atoms with van der Waals surface area (Å²) < 4.78 is 0. The summed E-state index contributed by atoms with van der Waals surface area (Å²) in [7, 11) is 0. The van der Waals surface area contributed by atoms with Crippen LogP contribution in [0.25, 0.3) is 0 Å². The molecule has 2 nitrogen and oxygen atoms in total. The van der Waals surface area contributed by atoms with Gasteiger partial charge in [0, 0.05) is 27.8 Å². The van der Waals surface area contributed by atoms with E-state index in [-0.39, 0.29) is 5.75 Å². The smallest absolute Gasteiger partial charge is 0.120 e. The lowest BCUT2D eigenvalue weighted by molar-refractivity contribution is 0.469. The second kappa shape index (κ2) is 5.30. The molecule has 0 saturated heterocycles. The van der Waals surface area contributed by atoms with E-state index < -0.39 is 0 Å². The number of benzene rings is 2. The van der Waals surface area contributed by atoms with Crippen LogP contribution in [-0.4, -0.2) is 5.11 Å². The van der Waals surface area contributed by atoms with E-state index >= 15 is 0 Å². The highest BCUT2D eigenvalue weighted by molar-refractivity contribution is 6.31. The number of phenols is 1. The van der Waals surface area contributed by atoms with Crippen LogP contribution in [0.3, 0.4) is 0 Å². The summed E-state index contributed by atoms with van der Waals surface area (Å²) in [6.45, 7) is 0.493. The fraction of sp³-hybridized carbons (Fsp3) is 0.0769. The Morgan fingerprint density at radius 1 is 1.00 bits per heavy atom. The first kappa shape index (κ1) is 12.1. The topological polar surface area (TPSA) is 32.3 Å². The van der Waals surface area contributed by atoms with Crippen molar-refractivity contribution in [2.45, 2.75) is 6.54 Å². The lowest BCUT2D eigenvalue weighted by Gasteiger charge is -2.08. The van der Waals surface area contributed by atoms with Gasteiger partial charge in [-0.15, -0.1) is 0 Å². The Hall–Kier alpha value is -1.38. The van der Waals surface area contributed by atoms with Crippen LogP contribution in [0.15, 0.2) is 42.5 Å². The molecule has 0 amide bonds. The minimum atomic E-state index is 0.226. The zero-order chi connectivity index (χ0) is 12.3. The highest BCUT2D eigenvalue weighted by atomic mass is 35.5. The summed E-state index contributed by atoms with van der Waals surface area (Å²) in [6.07, 6.45) is 0. The van der Waals surface area contributed by atoms with E-state index in [2.05, 4.69) is 5.32 Å². The van der Waals surface area contributed by atoms with Gasteiger partial charge in [0.1, 0.15) is 5.75 Å². The number of hydrogen-bond donors (Lipinski definition) is 2. The van der Waals surface area contributed by atoms with Gasteiger partial charge in [0.15, 0.2) is 0 Å². The van der Waals surface area contributed by atoms with E-state index in [1.165, 1.54) is 0 Å². The van der Waals surface area contributed by atoms with E-state index in [1.807, 2.05) is 24.3 Å². The third-order valence-electron chi connectivity index (χ3n) is 2.35. The van der Waals surface area contributed by atoms with E-state index in [9.17, 15) is 5.11 Å². The molecule has 88 valence electrons. The molecule has 0 aliphatic carbocycles. The zero-order valence-electron chi connectivity index (χ0n) is 8.95. The van der Waals surface area contributed by atoms with Gasteiger partial charge in [0.05, 0.1) is 0 Å². The number of halogens is 2. The lowest BCUT2D eigenvalue weighted by atomic mass is 10.2. The molecule has 0 radical (unpaired) electrons. The van der Waals surface area contributed by atoms with Crippen LogP contribution in [0.4, 0.5) is 5.69 Å². The van der Waals surface area contributed by atoms with Gasteiger partial charge >= 0.3 is 0 Å². The summed E-state index contributed by atoms with van der Waals surface area (Å²) in [5.41, 5.74) is 1.65. The summed E-state index contributed by atoms with van der Waals surface area (Å²) >= 11 is 11.7. The second-order valence-corrected chi connectivity index (χ2v) is 4.51. The number of aromatic hydroxyl groups is 1. The number of anilines is 1. The maximum atomic E-state index is 9.64. The third-order valence-corrected chi connectivity index (χ3v) is 2.82. The third kappa shape index (κ3) is 3.29. The summed E-state index contributed by atoms with van der Waals surface area (Å²) in [4.78, 5) is 0. The number of hydrogen-bond acceptors (Lipinski definition) is 2. The van der Waals surface area contributed by atoms with Crippen LogP contribution >= 0.6 is 23.2 Å². The average molecular weight is 268 g/mol. The first-order chi connectivity index (χ1) is 8.15. The highest BCUT2D eigenvalue weighted by Crippen LogP contribution is 2.23. The number of nitrogens with one attached hydrogen (secondary N) is 1. The Kier molecular flexibility index (Phi) is 3.77. The van der Waals surface area contributed by atoms with Crippen LogP contribution in [0.2, 0.25) is 10.0 Å². The monoisotopic (exact) mass is 267 g/mol.